The van der Waals surface area contributed by atoms with Crippen LogP contribution in [0.3, 0.4) is 0 Å². The zero-order valence-corrected chi connectivity index (χ0v) is 7.75. The molecule has 1 aliphatic rings. The molecule has 3 atom stereocenters. The molecule has 2 nitrogen and oxygen atoms in total. The van der Waals surface area contributed by atoms with E-state index in [0.29, 0.717) is 5.92 Å². The van der Waals surface area contributed by atoms with Crippen molar-refractivity contribution in [1.82, 2.24) is 0 Å². The molecule has 0 saturated heterocycles. The highest BCUT2D eigenvalue weighted by Gasteiger charge is 2.40. The summed E-state index contributed by atoms with van der Waals surface area (Å²) in [6.45, 7) is 3.95. The second kappa shape index (κ2) is 3.38. The number of hydrogen-bond acceptors (Lipinski definition) is 2. The predicted octanol–water partition coefficient (Wildman–Crippen LogP) is 1.83. The van der Waals surface area contributed by atoms with Gasteiger partial charge in [-0.1, -0.05) is 20.3 Å². The van der Waals surface area contributed by atoms with Crippen molar-refractivity contribution in [3.8, 4) is 0 Å². The highest BCUT2D eigenvalue weighted by Crippen LogP contribution is 2.41. The maximum absolute atomic E-state index is 10.8. The number of carbonyl (C=O) groups is 2. The van der Waals surface area contributed by atoms with E-state index < -0.39 is 0 Å². The number of rotatable bonds is 2. The van der Waals surface area contributed by atoms with Crippen LogP contribution in [0.15, 0.2) is 0 Å². The van der Waals surface area contributed by atoms with Crippen molar-refractivity contribution in [3.05, 3.63) is 0 Å². The third-order valence-electron chi connectivity index (χ3n) is 3.17. The molecular formula is C10H16O2. The van der Waals surface area contributed by atoms with Crippen LogP contribution in [0.5, 0.6) is 0 Å². The van der Waals surface area contributed by atoms with Gasteiger partial charge in [-0.05, 0) is 18.8 Å². The van der Waals surface area contributed by atoms with Crippen molar-refractivity contribution in [3.63, 3.8) is 0 Å². The molecule has 1 saturated carbocycles. The average molecular weight is 168 g/mol. The molecule has 0 aromatic rings. The van der Waals surface area contributed by atoms with E-state index in [0.717, 1.165) is 31.8 Å². The SMILES string of the molecule is CC1CCCC(C)(C=O)C1C=O. The molecule has 68 valence electrons. The fraction of sp³-hybridized carbons (Fsp3) is 0.800. The lowest BCUT2D eigenvalue weighted by Gasteiger charge is -2.38. The molecule has 0 spiro atoms. The van der Waals surface area contributed by atoms with Gasteiger partial charge >= 0.3 is 0 Å². The van der Waals surface area contributed by atoms with Gasteiger partial charge in [0.15, 0.2) is 0 Å². The third-order valence-corrected chi connectivity index (χ3v) is 3.17. The van der Waals surface area contributed by atoms with Crippen LogP contribution in [0, 0.1) is 17.3 Å². The summed E-state index contributed by atoms with van der Waals surface area (Å²) in [6.07, 6.45) is 4.93. The normalized spacial score (nSPS) is 42.2. The van der Waals surface area contributed by atoms with Crippen molar-refractivity contribution in [2.45, 2.75) is 33.1 Å². The van der Waals surface area contributed by atoms with Crippen LogP contribution in [0.25, 0.3) is 0 Å². The van der Waals surface area contributed by atoms with Crippen LogP contribution in [0.4, 0.5) is 0 Å². The van der Waals surface area contributed by atoms with Gasteiger partial charge < -0.3 is 9.59 Å². The van der Waals surface area contributed by atoms with Crippen molar-refractivity contribution >= 4 is 12.6 Å². The summed E-state index contributed by atoms with van der Waals surface area (Å²) in [4.78, 5) is 21.6. The molecule has 1 fully saturated rings. The molecule has 1 aliphatic carbocycles. The van der Waals surface area contributed by atoms with Gasteiger partial charge in [-0.25, -0.2) is 0 Å². The van der Waals surface area contributed by atoms with E-state index in [2.05, 4.69) is 6.92 Å². The quantitative estimate of drug-likeness (QED) is 0.589. The van der Waals surface area contributed by atoms with Crippen LogP contribution >= 0.6 is 0 Å². The van der Waals surface area contributed by atoms with Gasteiger partial charge in [0, 0.05) is 11.3 Å². The fourth-order valence-electron chi connectivity index (χ4n) is 2.23. The smallest absolute Gasteiger partial charge is 0.126 e. The van der Waals surface area contributed by atoms with Crippen molar-refractivity contribution in [2.24, 2.45) is 17.3 Å². The number of aldehydes is 2. The Labute approximate surface area is 73.3 Å². The van der Waals surface area contributed by atoms with Gasteiger partial charge in [-0.15, -0.1) is 0 Å². The molecule has 0 aliphatic heterocycles. The average Bonchev–Trinajstić information content (AvgIpc) is 2.05. The highest BCUT2D eigenvalue weighted by atomic mass is 16.1. The summed E-state index contributed by atoms with van der Waals surface area (Å²) < 4.78 is 0. The predicted molar refractivity (Wildman–Crippen MR) is 46.7 cm³/mol. The second-order valence-electron chi connectivity index (χ2n) is 4.16. The van der Waals surface area contributed by atoms with Crippen LogP contribution in [0.2, 0.25) is 0 Å². The van der Waals surface area contributed by atoms with Crippen LogP contribution < -0.4 is 0 Å². The lowest BCUT2D eigenvalue weighted by Crippen LogP contribution is -2.38. The zero-order valence-electron chi connectivity index (χ0n) is 7.75. The Kier molecular flexibility index (Phi) is 2.65. The lowest BCUT2D eigenvalue weighted by molar-refractivity contribution is -0.129. The number of hydrogen-bond donors (Lipinski definition) is 0. The van der Waals surface area contributed by atoms with Gasteiger partial charge in [-0.2, -0.15) is 0 Å². The van der Waals surface area contributed by atoms with Gasteiger partial charge in [0.2, 0.25) is 0 Å². The molecule has 12 heavy (non-hydrogen) atoms. The van der Waals surface area contributed by atoms with E-state index in [4.69, 9.17) is 0 Å². The third kappa shape index (κ3) is 1.43. The Morgan fingerprint density at radius 3 is 2.50 bits per heavy atom. The molecule has 2 heteroatoms. The fourth-order valence-corrected chi connectivity index (χ4v) is 2.23. The highest BCUT2D eigenvalue weighted by molar-refractivity contribution is 5.69. The Morgan fingerprint density at radius 2 is 2.08 bits per heavy atom. The first-order valence-electron chi connectivity index (χ1n) is 4.55. The standard InChI is InChI=1S/C10H16O2/c1-8-4-3-5-10(2,7-12)9(8)6-11/h6-9H,3-5H2,1-2H3. The number of carbonyl (C=O) groups excluding carboxylic acids is 2. The van der Waals surface area contributed by atoms with Crippen LogP contribution in [0.1, 0.15) is 33.1 Å². The first kappa shape index (κ1) is 9.43. The van der Waals surface area contributed by atoms with E-state index in [-0.39, 0.29) is 11.3 Å². The Morgan fingerprint density at radius 1 is 1.42 bits per heavy atom. The van der Waals surface area contributed by atoms with E-state index >= 15 is 0 Å². The van der Waals surface area contributed by atoms with Gasteiger partial charge in [-0.3, -0.25) is 0 Å². The molecule has 0 N–H and O–H groups in total. The summed E-state index contributed by atoms with van der Waals surface area (Å²) in [5.74, 6) is 0.301. The minimum absolute atomic E-state index is 0.0660. The van der Waals surface area contributed by atoms with Crippen LogP contribution in [-0.4, -0.2) is 12.6 Å². The topological polar surface area (TPSA) is 34.1 Å². The van der Waals surface area contributed by atoms with Gasteiger partial charge in [0.25, 0.3) is 0 Å². The summed E-state index contributed by atoms with van der Waals surface area (Å²) in [5.41, 5.74) is -0.389. The van der Waals surface area contributed by atoms with Crippen LogP contribution in [-0.2, 0) is 9.59 Å². The van der Waals surface area contributed by atoms with E-state index in [1.807, 2.05) is 6.92 Å². The Bertz CT molecular complexity index is 188. The monoisotopic (exact) mass is 168 g/mol. The summed E-state index contributed by atoms with van der Waals surface area (Å²) >= 11 is 0. The second-order valence-corrected chi connectivity index (χ2v) is 4.16. The zero-order chi connectivity index (χ0) is 9.19. The molecule has 0 heterocycles. The van der Waals surface area contributed by atoms with Crippen molar-refractivity contribution < 1.29 is 9.59 Å². The first-order valence-corrected chi connectivity index (χ1v) is 4.55. The molecule has 0 radical (unpaired) electrons. The first-order chi connectivity index (χ1) is 5.64. The summed E-state index contributed by atoms with van der Waals surface area (Å²) in [6, 6.07) is 0. The van der Waals surface area contributed by atoms with Gasteiger partial charge in [0.05, 0.1) is 0 Å². The molecule has 0 aromatic carbocycles. The van der Waals surface area contributed by atoms with Gasteiger partial charge in [0.1, 0.15) is 12.6 Å². The Hall–Kier alpha value is -0.660. The Balaban J connectivity index is 2.83. The molecule has 0 amide bonds. The summed E-state index contributed by atoms with van der Waals surface area (Å²) in [7, 11) is 0. The van der Waals surface area contributed by atoms with E-state index in [1.54, 1.807) is 0 Å². The largest absolute Gasteiger partial charge is 0.303 e. The maximum atomic E-state index is 10.8. The minimum atomic E-state index is -0.389. The van der Waals surface area contributed by atoms with Crippen molar-refractivity contribution in [1.29, 1.82) is 0 Å². The molecule has 3 unspecified atom stereocenters. The molecule has 0 aromatic heterocycles. The van der Waals surface area contributed by atoms with E-state index in [9.17, 15) is 9.59 Å². The maximum Gasteiger partial charge on any atom is 0.126 e. The molecule has 0 bridgehead atoms. The van der Waals surface area contributed by atoms with Crippen molar-refractivity contribution in [2.75, 3.05) is 0 Å². The molecule has 1 rings (SSSR count). The minimum Gasteiger partial charge on any atom is -0.303 e. The summed E-state index contributed by atoms with van der Waals surface area (Å²) in [5, 5.41) is 0. The molecular weight excluding hydrogens is 152 g/mol. The lowest BCUT2D eigenvalue weighted by atomic mass is 9.64. The van der Waals surface area contributed by atoms with E-state index in [1.165, 1.54) is 0 Å².